The minimum Gasteiger partial charge on any atom is -0.356 e. The van der Waals surface area contributed by atoms with Crippen molar-refractivity contribution in [3.63, 3.8) is 0 Å². The zero-order chi connectivity index (χ0) is 19.4. The molecule has 5 nitrogen and oxygen atoms in total. The molecule has 1 aromatic heterocycles. The van der Waals surface area contributed by atoms with E-state index >= 15 is 0 Å². The summed E-state index contributed by atoms with van der Waals surface area (Å²) in [5.74, 6) is 0.135. The van der Waals surface area contributed by atoms with Crippen LogP contribution in [0.3, 0.4) is 0 Å². The summed E-state index contributed by atoms with van der Waals surface area (Å²) >= 11 is 4.70. The molecule has 3 rings (SSSR count). The second-order valence-electron chi connectivity index (χ2n) is 6.06. The Balaban J connectivity index is 2.12. The van der Waals surface area contributed by atoms with Gasteiger partial charge in [-0.3, -0.25) is 14.2 Å². The average Bonchev–Trinajstić information content (AvgIpc) is 2.67. The van der Waals surface area contributed by atoms with Gasteiger partial charge in [0.15, 0.2) is 5.16 Å². The molecule has 0 spiro atoms. The van der Waals surface area contributed by atoms with E-state index < -0.39 is 0 Å². The summed E-state index contributed by atoms with van der Waals surface area (Å²) in [4.78, 5) is 29.9. The zero-order valence-corrected chi connectivity index (χ0v) is 17.5. The third-order valence-electron chi connectivity index (χ3n) is 4.21. The van der Waals surface area contributed by atoms with Crippen molar-refractivity contribution >= 4 is 44.5 Å². The Morgan fingerprint density at radius 3 is 2.70 bits per heavy atom. The smallest absolute Gasteiger partial charge is 0.262 e. The van der Waals surface area contributed by atoms with Gasteiger partial charge in [0.2, 0.25) is 5.91 Å². The maximum Gasteiger partial charge on any atom is 0.262 e. The zero-order valence-electron chi connectivity index (χ0n) is 15.1. The van der Waals surface area contributed by atoms with Crippen LogP contribution in [0.1, 0.15) is 25.5 Å². The molecular formula is C20H20BrN3O2S. The molecule has 0 bridgehead atoms. The monoisotopic (exact) mass is 445 g/mol. The standard InChI is InChI=1S/C20H20BrN3O2S/c1-3-22-18(25)12-27-20-23-17-10-9-15(21)11-16(17)19(26)24(20)13(2)14-7-5-4-6-8-14/h4-11,13H,3,12H2,1-2H3,(H,22,25). The number of thioether (sulfide) groups is 1. The highest BCUT2D eigenvalue weighted by Crippen LogP contribution is 2.25. The van der Waals surface area contributed by atoms with E-state index in [0.29, 0.717) is 22.6 Å². The Bertz CT molecular complexity index is 1020. The molecule has 0 radical (unpaired) electrons. The molecule has 140 valence electrons. The van der Waals surface area contributed by atoms with Crippen LogP contribution in [-0.2, 0) is 4.79 Å². The van der Waals surface area contributed by atoms with Crippen molar-refractivity contribution in [3.8, 4) is 0 Å². The Labute approximate surface area is 170 Å². The fourth-order valence-corrected chi connectivity index (χ4v) is 4.12. The van der Waals surface area contributed by atoms with E-state index in [1.54, 1.807) is 10.6 Å². The van der Waals surface area contributed by atoms with Crippen LogP contribution < -0.4 is 10.9 Å². The predicted octanol–water partition coefficient (Wildman–Crippen LogP) is 4.00. The van der Waals surface area contributed by atoms with Gasteiger partial charge in [0, 0.05) is 11.0 Å². The quantitative estimate of drug-likeness (QED) is 0.459. The van der Waals surface area contributed by atoms with Crippen molar-refractivity contribution < 1.29 is 4.79 Å². The highest BCUT2D eigenvalue weighted by molar-refractivity contribution is 9.10. The maximum atomic E-state index is 13.3. The summed E-state index contributed by atoms with van der Waals surface area (Å²) in [6, 6.07) is 15.1. The van der Waals surface area contributed by atoms with E-state index in [-0.39, 0.29) is 23.3 Å². The summed E-state index contributed by atoms with van der Waals surface area (Å²) in [5, 5.41) is 3.86. The molecule has 1 N–H and O–H groups in total. The van der Waals surface area contributed by atoms with Crippen LogP contribution in [0.5, 0.6) is 0 Å². The number of nitrogens with one attached hydrogen (secondary N) is 1. The normalized spacial score (nSPS) is 12.1. The van der Waals surface area contributed by atoms with E-state index in [0.717, 1.165) is 10.0 Å². The fraction of sp³-hybridized carbons (Fsp3) is 0.250. The van der Waals surface area contributed by atoms with Crippen molar-refractivity contribution in [1.82, 2.24) is 14.9 Å². The Morgan fingerprint density at radius 1 is 1.26 bits per heavy atom. The molecule has 0 saturated carbocycles. The lowest BCUT2D eigenvalue weighted by Gasteiger charge is -2.20. The van der Waals surface area contributed by atoms with Crippen molar-refractivity contribution in [3.05, 3.63) is 68.9 Å². The van der Waals surface area contributed by atoms with Crippen LogP contribution in [0.2, 0.25) is 0 Å². The molecule has 1 amide bonds. The lowest BCUT2D eigenvalue weighted by Crippen LogP contribution is -2.28. The molecule has 1 unspecified atom stereocenters. The summed E-state index contributed by atoms with van der Waals surface area (Å²) < 4.78 is 2.50. The van der Waals surface area contributed by atoms with Crippen LogP contribution in [-0.4, -0.2) is 27.8 Å². The molecule has 1 heterocycles. The molecular weight excluding hydrogens is 426 g/mol. The second kappa shape index (κ2) is 8.71. The van der Waals surface area contributed by atoms with E-state index in [1.165, 1.54) is 11.8 Å². The van der Waals surface area contributed by atoms with Crippen molar-refractivity contribution in [2.24, 2.45) is 0 Å². The van der Waals surface area contributed by atoms with Gasteiger partial charge in [-0.15, -0.1) is 0 Å². The van der Waals surface area contributed by atoms with Gasteiger partial charge in [0.05, 0.1) is 22.7 Å². The van der Waals surface area contributed by atoms with Crippen LogP contribution in [0.15, 0.2) is 63.0 Å². The Morgan fingerprint density at radius 2 is 2.00 bits per heavy atom. The number of fused-ring (bicyclic) bond motifs is 1. The Hall–Kier alpha value is -2.12. The number of amides is 1. The average molecular weight is 446 g/mol. The number of benzene rings is 2. The summed E-state index contributed by atoms with van der Waals surface area (Å²) in [5.41, 5.74) is 1.52. The Kier molecular flexibility index (Phi) is 6.34. The summed E-state index contributed by atoms with van der Waals surface area (Å²) in [6.45, 7) is 4.42. The topological polar surface area (TPSA) is 64.0 Å². The minimum absolute atomic E-state index is 0.0773. The third-order valence-corrected chi connectivity index (χ3v) is 5.65. The first kappa shape index (κ1) is 19.6. The van der Waals surface area contributed by atoms with Crippen molar-refractivity contribution in [2.75, 3.05) is 12.3 Å². The second-order valence-corrected chi connectivity index (χ2v) is 7.92. The van der Waals surface area contributed by atoms with Crippen LogP contribution >= 0.6 is 27.7 Å². The maximum absolute atomic E-state index is 13.3. The van der Waals surface area contributed by atoms with Gasteiger partial charge in [-0.05, 0) is 37.6 Å². The number of halogens is 1. The summed E-state index contributed by atoms with van der Waals surface area (Å²) in [7, 11) is 0. The van der Waals surface area contributed by atoms with Gasteiger partial charge in [-0.1, -0.05) is 58.0 Å². The van der Waals surface area contributed by atoms with E-state index in [9.17, 15) is 9.59 Å². The fourth-order valence-electron chi connectivity index (χ4n) is 2.85. The number of carbonyl (C=O) groups is 1. The molecule has 0 aliphatic rings. The van der Waals surface area contributed by atoms with Gasteiger partial charge >= 0.3 is 0 Å². The van der Waals surface area contributed by atoms with Crippen LogP contribution in [0, 0.1) is 0 Å². The van der Waals surface area contributed by atoms with Gasteiger partial charge < -0.3 is 5.32 Å². The number of hydrogen-bond acceptors (Lipinski definition) is 4. The SMILES string of the molecule is CCNC(=O)CSc1nc2ccc(Br)cc2c(=O)n1C(C)c1ccccc1. The molecule has 0 aliphatic carbocycles. The molecule has 3 aromatic rings. The molecule has 27 heavy (non-hydrogen) atoms. The van der Waals surface area contributed by atoms with Gasteiger partial charge in [0.25, 0.3) is 5.56 Å². The summed E-state index contributed by atoms with van der Waals surface area (Å²) in [6.07, 6.45) is 0. The first-order chi connectivity index (χ1) is 13.0. The third kappa shape index (κ3) is 4.42. The molecule has 2 aromatic carbocycles. The minimum atomic E-state index is -0.202. The number of nitrogens with zero attached hydrogens (tertiary/aromatic N) is 2. The highest BCUT2D eigenvalue weighted by atomic mass is 79.9. The van der Waals surface area contributed by atoms with Gasteiger partial charge in [-0.25, -0.2) is 4.98 Å². The predicted molar refractivity (Wildman–Crippen MR) is 113 cm³/mol. The molecule has 0 saturated heterocycles. The number of carbonyl (C=O) groups excluding carboxylic acids is 1. The molecule has 1 atom stereocenters. The van der Waals surface area contributed by atoms with E-state index in [1.807, 2.05) is 56.3 Å². The van der Waals surface area contributed by atoms with E-state index in [2.05, 4.69) is 26.2 Å². The number of rotatable bonds is 6. The van der Waals surface area contributed by atoms with Gasteiger partial charge in [-0.2, -0.15) is 0 Å². The van der Waals surface area contributed by atoms with Crippen LogP contribution in [0.25, 0.3) is 10.9 Å². The number of hydrogen-bond donors (Lipinski definition) is 1. The van der Waals surface area contributed by atoms with Crippen molar-refractivity contribution in [2.45, 2.75) is 25.0 Å². The van der Waals surface area contributed by atoms with Crippen molar-refractivity contribution in [1.29, 1.82) is 0 Å². The first-order valence-electron chi connectivity index (χ1n) is 8.67. The highest BCUT2D eigenvalue weighted by Gasteiger charge is 2.19. The van der Waals surface area contributed by atoms with Gasteiger partial charge in [0.1, 0.15) is 0 Å². The number of aromatic nitrogens is 2. The molecule has 7 heteroatoms. The van der Waals surface area contributed by atoms with Crippen LogP contribution in [0.4, 0.5) is 0 Å². The largest absolute Gasteiger partial charge is 0.356 e. The lowest BCUT2D eigenvalue weighted by molar-refractivity contribution is -0.118. The lowest BCUT2D eigenvalue weighted by atomic mass is 10.1. The molecule has 0 fully saturated rings. The van der Waals surface area contributed by atoms with E-state index in [4.69, 9.17) is 0 Å². The first-order valence-corrected chi connectivity index (χ1v) is 10.5. The molecule has 0 aliphatic heterocycles.